The first-order chi connectivity index (χ1) is 10.4. The van der Waals surface area contributed by atoms with Crippen molar-refractivity contribution in [3.8, 4) is 0 Å². The molecule has 0 aromatic heterocycles. The summed E-state index contributed by atoms with van der Waals surface area (Å²) in [7, 11) is -1.37. The van der Waals surface area contributed by atoms with E-state index in [1.165, 1.54) is 4.31 Å². The summed E-state index contributed by atoms with van der Waals surface area (Å²) in [5.74, 6) is 0.127. The smallest absolute Gasteiger partial charge is 0.235 e. The van der Waals surface area contributed by atoms with E-state index in [1.807, 2.05) is 20.0 Å². The third-order valence-corrected chi connectivity index (χ3v) is 5.55. The highest BCUT2D eigenvalue weighted by molar-refractivity contribution is 7.93. The number of hydrogen-bond donors (Lipinski definition) is 2. The highest BCUT2D eigenvalue weighted by atomic mass is 32.2. The number of anilines is 2. The number of carbonyl (C=O) groups excluding carboxylic acids is 1. The minimum atomic E-state index is -3.21. The van der Waals surface area contributed by atoms with Crippen LogP contribution in [0.25, 0.3) is 0 Å². The van der Waals surface area contributed by atoms with Gasteiger partial charge in [-0.3, -0.25) is 9.10 Å². The Morgan fingerprint density at radius 2 is 2.14 bits per heavy atom. The third-order valence-electron chi connectivity index (χ3n) is 3.69. The Morgan fingerprint density at radius 3 is 2.77 bits per heavy atom. The second kappa shape index (κ2) is 7.11. The van der Waals surface area contributed by atoms with E-state index in [2.05, 4.69) is 10.6 Å². The van der Waals surface area contributed by atoms with Crippen LogP contribution in [0.4, 0.5) is 11.4 Å². The molecule has 0 spiro atoms. The van der Waals surface area contributed by atoms with Crippen LogP contribution in [0.5, 0.6) is 0 Å². The molecule has 1 aromatic carbocycles. The van der Waals surface area contributed by atoms with E-state index in [9.17, 15) is 13.2 Å². The van der Waals surface area contributed by atoms with Crippen LogP contribution in [0.3, 0.4) is 0 Å². The average Bonchev–Trinajstić information content (AvgIpc) is 2.81. The van der Waals surface area contributed by atoms with Crippen molar-refractivity contribution < 1.29 is 13.2 Å². The quantitative estimate of drug-likeness (QED) is 0.777. The lowest BCUT2D eigenvalue weighted by Gasteiger charge is -2.20. The fraction of sp³-hybridized carbons (Fsp3) is 0.533. The molecule has 0 bridgehead atoms. The summed E-state index contributed by atoms with van der Waals surface area (Å²) >= 11 is 0. The molecule has 2 N–H and O–H groups in total. The summed E-state index contributed by atoms with van der Waals surface area (Å²) in [6.45, 7) is 3.17. The van der Waals surface area contributed by atoms with Crippen LogP contribution in [-0.4, -0.2) is 40.2 Å². The Kier molecular flexibility index (Phi) is 5.42. The van der Waals surface area contributed by atoms with E-state index < -0.39 is 10.0 Å². The molecule has 122 valence electrons. The molecule has 1 aromatic rings. The van der Waals surface area contributed by atoms with E-state index in [1.54, 1.807) is 12.1 Å². The summed E-state index contributed by atoms with van der Waals surface area (Å²) in [4.78, 5) is 11.9. The lowest BCUT2D eigenvalue weighted by molar-refractivity contribution is -0.116. The Hall–Kier alpha value is -1.60. The third kappa shape index (κ3) is 3.98. The standard InChI is InChI=1S/C15H23N3O3S/c1-12-6-7-13(17-15(19)5-3-8-16-2)11-14(12)18-9-4-10-22(18,20)21/h6-7,11,16H,3-5,8-10H2,1-2H3,(H,17,19). The number of carbonyl (C=O) groups is 1. The van der Waals surface area contributed by atoms with Gasteiger partial charge < -0.3 is 10.6 Å². The van der Waals surface area contributed by atoms with E-state index in [-0.39, 0.29) is 11.7 Å². The van der Waals surface area contributed by atoms with Crippen LogP contribution >= 0.6 is 0 Å². The molecule has 0 aliphatic carbocycles. The molecule has 0 unspecified atom stereocenters. The predicted octanol–water partition coefficient (Wildman–Crippen LogP) is 1.47. The van der Waals surface area contributed by atoms with Gasteiger partial charge in [0.1, 0.15) is 0 Å². The Labute approximate surface area is 131 Å². The second-order valence-corrected chi connectivity index (χ2v) is 7.51. The number of rotatable bonds is 6. The van der Waals surface area contributed by atoms with Crippen molar-refractivity contribution in [3.05, 3.63) is 23.8 Å². The van der Waals surface area contributed by atoms with Gasteiger partial charge in [0, 0.05) is 18.7 Å². The first kappa shape index (κ1) is 16.8. The van der Waals surface area contributed by atoms with Crippen molar-refractivity contribution in [2.24, 2.45) is 0 Å². The maximum Gasteiger partial charge on any atom is 0.235 e. The molecule has 1 aliphatic heterocycles. The predicted molar refractivity (Wildman–Crippen MR) is 88.7 cm³/mol. The van der Waals surface area contributed by atoms with Gasteiger partial charge in [0.15, 0.2) is 0 Å². The Morgan fingerprint density at radius 1 is 1.36 bits per heavy atom. The molecule has 6 nitrogen and oxygen atoms in total. The average molecular weight is 325 g/mol. The van der Waals surface area contributed by atoms with Gasteiger partial charge in [-0.05, 0) is 51.1 Å². The zero-order valence-electron chi connectivity index (χ0n) is 13.1. The molecule has 1 saturated heterocycles. The minimum Gasteiger partial charge on any atom is -0.326 e. The molecule has 0 radical (unpaired) electrons. The number of nitrogens with zero attached hydrogens (tertiary/aromatic N) is 1. The lowest BCUT2D eigenvalue weighted by Crippen LogP contribution is -2.26. The van der Waals surface area contributed by atoms with Gasteiger partial charge in [-0.1, -0.05) is 6.07 Å². The van der Waals surface area contributed by atoms with Crippen LogP contribution in [0, 0.1) is 6.92 Å². The van der Waals surface area contributed by atoms with Gasteiger partial charge in [0.25, 0.3) is 0 Å². The molecule has 1 heterocycles. The second-order valence-electron chi connectivity index (χ2n) is 5.50. The van der Waals surface area contributed by atoms with Crippen molar-refractivity contribution in [2.75, 3.05) is 35.5 Å². The van der Waals surface area contributed by atoms with Crippen LogP contribution in [-0.2, 0) is 14.8 Å². The molecule has 7 heteroatoms. The van der Waals surface area contributed by atoms with E-state index in [0.29, 0.717) is 30.8 Å². The van der Waals surface area contributed by atoms with Gasteiger partial charge in [0.2, 0.25) is 15.9 Å². The molecule has 1 amide bonds. The fourth-order valence-corrected chi connectivity index (χ4v) is 4.13. The molecule has 0 atom stereocenters. The molecule has 2 rings (SSSR count). The first-order valence-corrected chi connectivity index (χ1v) is 9.10. The largest absolute Gasteiger partial charge is 0.326 e. The highest BCUT2D eigenvalue weighted by Gasteiger charge is 2.29. The fourth-order valence-electron chi connectivity index (χ4n) is 2.52. The zero-order valence-corrected chi connectivity index (χ0v) is 13.9. The first-order valence-electron chi connectivity index (χ1n) is 7.49. The molecular formula is C15H23N3O3S. The summed E-state index contributed by atoms with van der Waals surface area (Å²) in [5, 5.41) is 5.83. The lowest BCUT2D eigenvalue weighted by atomic mass is 10.1. The van der Waals surface area contributed by atoms with Crippen molar-refractivity contribution in [1.29, 1.82) is 0 Å². The summed E-state index contributed by atoms with van der Waals surface area (Å²) in [6, 6.07) is 5.39. The maximum absolute atomic E-state index is 12.1. The van der Waals surface area contributed by atoms with Crippen molar-refractivity contribution in [1.82, 2.24) is 5.32 Å². The SMILES string of the molecule is CNCCCC(=O)Nc1ccc(C)c(N2CCCS2(=O)=O)c1. The van der Waals surface area contributed by atoms with Crippen LogP contribution in [0.2, 0.25) is 0 Å². The maximum atomic E-state index is 12.1. The van der Waals surface area contributed by atoms with E-state index in [0.717, 1.165) is 18.5 Å². The van der Waals surface area contributed by atoms with Gasteiger partial charge in [-0.15, -0.1) is 0 Å². The van der Waals surface area contributed by atoms with Crippen molar-refractivity contribution in [3.63, 3.8) is 0 Å². The van der Waals surface area contributed by atoms with Gasteiger partial charge >= 0.3 is 0 Å². The summed E-state index contributed by atoms with van der Waals surface area (Å²) < 4.78 is 25.6. The van der Waals surface area contributed by atoms with Gasteiger partial charge in [-0.2, -0.15) is 0 Å². The summed E-state index contributed by atoms with van der Waals surface area (Å²) in [6.07, 6.45) is 1.84. The monoisotopic (exact) mass is 325 g/mol. The summed E-state index contributed by atoms with van der Waals surface area (Å²) in [5.41, 5.74) is 2.18. The number of nitrogens with one attached hydrogen (secondary N) is 2. The molecule has 0 saturated carbocycles. The van der Waals surface area contributed by atoms with E-state index >= 15 is 0 Å². The van der Waals surface area contributed by atoms with Gasteiger partial charge in [0.05, 0.1) is 11.4 Å². The number of sulfonamides is 1. The normalized spacial score (nSPS) is 16.7. The molecular weight excluding hydrogens is 302 g/mol. The topological polar surface area (TPSA) is 78.5 Å². The van der Waals surface area contributed by atoms with Crippen LogP contribution < -0.4 is 14.9 Å². The molecule has 22 heavy (non-hydrogen) atoms. The zero-order chi connectivity index (χ0) is 16.2. The van der Waals surface area contributed by atoms with Crippen molar-refractivity contribution >= 4 is 27.3 Å². The Bertz CT molecular complexity index is 643. The number of hydrogen-bond acceptors (Lipinski definition) is 4. The van der Waals surface area contributed by atoms with E-state index in [4.69, 9.17) is 0 Å². The number of amides is 1. The van der Waals surface area contributed by atoms with Crippen molar-refractivity contribution in [2.45, 2.75) is 26.2 Å². The molecule has 1 fully saturated rings. The Balaban J connectivity index is 2.12. The van der Waals surface area contributed by atoms with Crippen LogP contribution in [0.1, 0.15) is 24.8 Å². The minimum absolute atomic E-state index is 0.0608. The van der Waals surface area contributed by atoms with Crippen LogP contribution in [0.15, 0.2) is 18.2 Å². The molecule has 1 aliphatic rings. The number of benzene rings is 1. The number of aryl methyl sites for hydroxylation is 1. The highest BCUT2D eigenvalue weighted by Crippen LogP contribution is 2.30. The van der Waals surface area contributed by atoms with Gasteiger partial charge in [-0.25, -0.2) is 8.42 Å².